The van der Waals surface area contributed by atoms with Gasteiger partial charge < -0.3 is 4.74 Å². The molecule has 2 nitrogen and oxygen atoms in total. The smallest absolute Gasteiger partial charge is 0.306 e. The summed E-state index contributed by atoms with van der Waals surface area (Å²) in [5.41, 5.74) is 4.00. The second kappa shape index (κ2) is 5.67. The van der Waals surface area contributed by atoms with Gasteiger partial charge in [0.25, 0.3) is 0 Å². The highest BCUT2D eigenvalue weighted by molar-refractivity contribution is 5.76. The largest absolute Gasteiger partial charge is 0.466 e. The Kier molecular flexibility index (Phi) is 3.97. The summed E-state index contributed by atoms with van der Waals surface area (Å²) < 4.78 is 4.95. The molecule has 17 heavy (non-hydrogen) atoms. The van der Waals surface area contributed by atoms with E-state index in [0.29, 0.717) is 13.0 Å². The number of allylic oxidation sites excluding steroid dienone is 2. The zero-order valence-electron chi connectivity index (χ0n) is 10.2. The van der Waals surface area contributed by atoms with Gasteiger partial charge in [-0.3, -0.25) is 4.79 Å². The predicted molar refractivity (Wildman–Crippen MR) is 68.6 cm³/mol. The Morgan fingerprint density at radius 3 is 3.00 bits per heavy atom. The van der Waals surface area contributed by atoms with Crippen molar-refractivity contribution in [2.24, 2.45) is 0 Å². The number of aryl methyl sites for hydroxylation is 1. The Bertz CT molecular complexity index is 432. The number of fused-ring (bicyclic) bond motifs is 1. The fraction of sp³-hybridized carbons (Fsp3) is 0.400. The van der Waals surface area contributed by atoms with Gasteiger partial charge in [0.2, 0.25) is 0 Å². The molecule has 0 bridgehead atoms. The molecule has 1 aromatic rings. The Morgan fingerprint density at radius 1 is 1.35 bits per heavy atom. The molecule has 2 heteroatoms. The first-order valence-electron chi connectivity index (χ1n) is 6.24. The molecular weight excluding hydrogens is 212 g/mol. The van der Waals surface area contributed by atoms with E-state index in [1.54, 1.807) is 0 Å². The summed E-state index contributed by atoms with van der Waals surface area (Å²) in [6.07, 6.45) is 5.71. The first-order chi connectivity index (χ1) is 8.31. The number of carbonyl (C=O) groups excluding carboxylic acids is 1. The average Bonchev–Trinajstić information content (AvgIpc) is 2.36. The van der Waals surface area contributed by atoms with Crippen molar-refractivity contribution in [3.63, 3.8) is 0 Å². The summed E-state index contributed by atoms with van der Waals surface area (Å²) >= 11 is 0. The lowest BCUT2D eigenvalue weighted by molar-refractivity contribution is -0.142. The summed E-state index contributed by atoms with van der Waals surface area (Å²) in [5.74, 6) is -0.101. The van der Waals surface area contributed by atoms with Gasteiger partial charge in [0.15, 0.2) is 0 Å². The summed E-state index contributed by atoms with van der Waals surface area (Å²) in [7, 11) is 0. The van der Waals surface area contributed by atoms with Crippen LogP contribution in [0.3, 0.4) is 0 Å². The van der Waals surface area contributed by atoms with Crippen LogP contribution in [-0.2, 0) is 16.0 Å². The van der Waals surface area contributed by atoms with Crippen molar-refractivity contribution in [3.8, 4) is 0 Å². The topological polar surface area (TPSA) is 26.3 Å². The first kappa shape index (κ1) is 11.9. The minimum absolute atomic E-state index is 0.101. The van der Waals surface area contributed by atoms with Crippen molar-refractivity contribution >= 4 is 11.5 Å². The van der Waals surface area contributed by atoms with Crippen LogP contribution in [-0.4, -0.2) is 12.6 Å². The Morgan fingerprint density at radius 2 is 2.18 bits per heavy atom. The highest BCUT2D eigenvalue weighted by atomic mass is 16.5. The Hall–Kier alpha value is -1.57. The van der Waals surface area contributed by atoms with E-state index < -0.39 is 0 Å². The number of carbonyl (C=O) groups is 1. The quantitative estimate of drug-likeness (QED) is 0.741. The molecule has 1 aliphatic rings. The standard InChI is InChI=1S/C15H18O2/c1-2-17-15(16)11-10-13-8-5-7-12-6-3-4-9-14(12)13/h3-4,6,8-9H,2,5,7,10-11H2,1H3. The van der Waals surface area contributed by atoms with E-state index in [1.165, 1.54) is 16.7 Å². The van der Waals surface area contributed by atoms with Crippen LogP contribution in [0.15, 0.2) is 30.3 Å². The van der Waals surface area contributed by atoms with Crippen LogP contribution >= 0.6 is 0 Å². The molecule has 0 atom stereocenters. The Balaban J connectivity index is 2.02. The molecule has 0 unspecified atom stereocenters. The highest BCUT2D eigenvalue weighted by Crippen LogP contribution is 2.29. The van der Waals surface area contributed by atoms with Crippen LogP contribution < -0.4 is 0 Å². The lowest BCUT2D eigenvalue weighted by Gasteiger charge is -2.17. The van der Waals surface area contributed by atoms with Gasteiger partial charge in [0.05, 0.1) is 6.61 Å². The van der Waals surface area contributed by atoms with Crippen molar-refractivity contribution in [1.82, 2.24) is 0 Å². The van der Waals surface area contributed by atoms with Gasteiger partial charge in [-0.2, -0.15) is 0 Å². The second-order valence-electron chi connectivity index (χ2n) is 4.23. The predicted octanol–water partition coefficient (Wildman–Crippen LogP) is 3.36. The van der Waals surface area contributed by atoms with Crippen LogP contribution in [0, 0.1) is 0 Å². The highest BCUT2D eigenvalue weighted by Gasteiger charge is 2.13. The van der Waals surface area contributed by atoms with Gasteiger partial charge in [-0.15, -0.1) is 0 Å². The lowest BCUT2D eigenvalue weighted by Crippen LogP contribution is -2.05. The van der Waals surface area contributed by atoms with Crippen LogP contribution in [0.2, 0.25) is 0 Å². The number of hydrogen-bond donors (Lipinski definition) is 0. The van der Waals surface area contributed by atoms with E-state index in [9.17, 15) is 4.79 Å². The van der Waals surface area contributed by atoms with Crippen molar-refractivity contribution in [3.05, 3.63) is 41.5 Å². The molecule has 0 spiro atoms. The fourth-order valence-corrected chi connectivity index (χ4v) is 2.27. The SMILES string of the molecule is CCOC(=O)CCC1=CCCc2ccccc21. The monoisotopic (exact) mass is 230 g/mol. The van der Waals surface area contributed by atoms with E-state index >= 15 is 0 Å². The fourth-order valence-electron chi connectivity index (χ4n) is 2.27. The molecule has 0 aliphatic heterocycles. The van der Waals surface area contributed by atoms with Gasteiger partial charge in [-0.05, 0) is 42.9 Å². The second-order valence-corrected chi connectivity index (χ2v) is 4.23. The number of benzene rings is 1. The van der Waals surface area contributed by atoms with Gasteiger partial charge in [-0.25, -0.2) is 0 Å². The molecule has 0 aromatic heterocycles. The van der Waals surface area contributed by atoms with Crippen LogP contribution in [0.1, 0.15) is 37.3 Å². The lowest BCUT2D eigenvalue weighted by atomic mass is 9.88. The van der Waals surface area contributed by atoms with Gasteiger partial charge >= 0.3 is 5.97 Å². The summed E-state index contributed by atoms with van der Waals surface area (Å²) in [6.45, 7) is 2.31. The molecule has 0 saturated heterocycles. The van der Waals surface area contributed by atoms with E-state index in [-0.39, 0.29) is 5.97 Å². The molecule has 0 saturated carbocycles. The zero-order valence-corrected chi connectivity index (χ0v) is 10.2. The summed E-state index contributed by atoms with van der Waals surface area (Å²) in [5, 5.41) is 0. The third-order valence-corrected chi connectivity index (χ3v) is 3.07. The molecule has 0 amide bonds. The van der Waals surface area contributed by atoms with E-state index in [1.807, 2.05) is 6.92 Å². The van der Waals surface area contributed by atoms with Crippen LogP contribution in [0.25, 0.3) is 5.57 Å². The maximum atomic E-state index is 11.3. The first-order valence-corrected chi connectivity index (χ1v) is 6.24. The number of rotatable bonds is 4. The van der Waals surface area contributed by atoms with E-state index in [2.05, 4.69) is 30.3 Å². The van der Waals surface area contributed by atoms with Crippen molar-refractivity contribution in [2.45, 2.75) is 32.6 Å². The van der Waals surface area contributed by atoms with Gasteiger partial charge in [0, 0.05) is 6.42 Å². The van der Waals surface area contributed by atoms with Crippen LogP contribution in [0.5, 0.6) is 0 Å². The van der Waals surface area contributed by atoms with Gasteiger partial charge in [0.1, 0.15) is 0 Å². The van der Waals surface area contributed by atoms with E-state index in [4.69, 9.17) is 4.74 Å². The van der Waals surface area contributed by atoms with Gasteiger partial charge in [-0.1, -0.05) is 30.3 Å². The number of ether oxygens (including phenoxy) is 1. The maximum Gasteiger partial charge on any atom is 0.306 e. The maximum absolute atomic E-state index is 11.3. The third-order valence-electron chi connectivity index (χ3n) is 3.07. The molecule has 0 radical (unpaired) electrons. The normalized spacial score (nSPS) is 13.8. The molecule has 1 aliphatic carbocycles. The number of hydrogen-bond acceptors (Lipinski definition) is 2. The van der Waals surface area contributed by atoms with Crippen molar-refractivity contribution in [1.29, 1.82) is 0 Å². The summed E-state index contributed by atoms with van der Waals surface area (Å²) in [4.78, 5) is 11.3. The average molecular weight is 230 g/mol. The minimum Gasteiger partial charge on any atom is -0.466 e. The molecule has 0 heterocycles. The van der Waals surface area contributed by atoms with Crippen molar-refractivity contribution in [2.75, 3.05) is 6.61 Å². The molecule has 1 aromatic carbocycles. The molecule has 0 N–H and O–H groups in total. The zero-order chi connectivity index (χ0) is 12.1. The number of esters is 1. The minimum atomic E-state index is -0.101. The molecule has 2 rings (SSSR count). The third kappa shape index (κ3) is 2.96. The van der Waals surface area contributed by atoms with Crippen molar-refractivity contribution < 1.29 is 9.53 Å². The molecule has 0 fully saturated rings. The molecule has 90 valence electrons. The van der Waals surface area contributed by atoms with Crippen LogP contribution in [0.4, 0.5) is 0 Å². The molecular formula is C15H18O2. The summed E-state index contributed by atoms with van der Waals surface area (Å²) in [6, 6.07) is 8.45. The Labute approximate surface area is 102 Å². The van der Waals surface area contributed by atoms with E-state index in [0.717, 1.165) is 19.3 Å².